The summed E-state index contributed by atoms with van der Waals surface area (Å²) in [6.07, 6.45) is 32.9. The van der Waals surface area contributed by atoms with Crippen LogP contribution in [0.2, 0.25) is 10.3 Å². The molecule has 0 amide bonds. The van der Waals surface area contributed by atoms with Gasteiger partial charge in [-0.15, -0.1) is 0 Å². The number of anilines is 5. The van der Waals surface area contributed by atoms with Crippen molar-refractivity contribution < 1.29 is 25.3 Å². The number of aromatic nitrogens is 9. The van der Waals surface area contributed by atoms with E-state index in [2.05, 4.69) is 133 Å². The predicted octanol–water partition coefficient (Wildman–Crippen LogP) is 8.65. The fourth-order valence-corrected chi connectivity index (χ4v) is 18.5. The van der Waals surface area contributed by atoms with Crippen LogP contribution in [0.5, 0.6) is 0 Å². The Morgan fingerprint density at radius 2 is 0.859 bits per heavy atom. The Labute approximate surface area is 550 Å². The number of fused-ring (bicyclic) bond motifs is 6. The van der Waals surface area contributed by atoms with Crippen LogP contribution in [0, 0.1) is 0 Å². The van der Waals surface area contributed by atoms with Gasteiger partial charge in [-0.1, -0.05) is 59.7 Å². The zero-order chi connectivity index (χ0) is 64.4. The number of hydrogen-bond donors (Lipinski definition) is 0. The molecule has 486 valence electrons. The lowest BCUT2D eigenvalue weighted by atomic mass is 9.87. The van der Waals surface area contributed by atoms with Gasteiger partial charge in [0.25, 0.3) is 0 Å². The van der Waals surface area contributed by atoms with E-state index in [4.69, 9.17) is 23.2 Å². The number of halogens is 2. The summed E-state index contributed by atoms with van der Waals surface area (Å²) < 4.78 is 73.1. The summed E-state index contributed by atoms with van der Waals surface area (Å²) in [4.78, 5) is 52.9. The fourth-order valence-electron chi connectivity index (χ4n) is 15.1. The molecule has 9 aliphatic rings. The second kappa shape index (κ2) is 25.9. The average Bonchev–Trinajstić information content (AvgIpc) is 1.13. The lowest BCUT2D eigenvalue weighted by molar-refractivity contribution is 0.317. The molecule has 3 fully saturated rings. The normalized spacial score (nSPS) is 21.6. The highest BCUT2D eigenvalue weighted by molar-refractivity contribution is 7.91. The van der Waals surface area contributed by atoms with Crippen molar-refractivity contribution in [1.82, 2.24) is 49.2 Å². The van der Waals surface area contributed by atoms with Crippen molar-refractivity contribution in [3.05, 3.63) is 145 Å². The molecule has 0 saturated carbocycles. The van der Waals surface area contributed by atoms with Crippen molar-refractivity contribution in [2.24, 2.45) is 0 Å². The van der Waals surface area contributed by atoms with Crippen molar-refractivity contribution in [2.75, 3.05) is 82.5 Å². The van der Waals surface area contributed by atoms with E-state index >= 15 is 0 Å². The Balaban J connectivity index is 0.000000126. The van der Waals surface area contributed by atoms with Crippen LogP contribution in [0.15, 0.2) is 61.6 Å². The smallest absolute Gasteiger partial charge is 0.211 e. The van der Waals surface area contributed by atoms with E-state index in [9.17, 15) is 25.3 Å². The Bertz CT molecular complexity index is 4100. The topological polar surface area (TPSA) is 238 Å². The minimum Gasteiger partial charge on any atom is -0.363 e. The van der Waals surface area contributed by atoms with Gasteiger partial charge in [0.15, 0.2) is 0 Å². The summed E-state index contributed by atoms with van der Waals surface area (Å²) in [6, 6.07) is 6.90. The van der Waals surface area contributed by atoms with Gasteiger partial charge >= 0.3 is 0 Å². The van der Waals surface area contributed by atoms with E-state index in [1.807, 2.05) is 18.3 Å². The molecule has 92 heavy (non-hydrogen) atoms. The Kier molecular flexibility index (Phi) is 18.0. The fraction of sp³-hybridized carbons (Fsp3) is 0.500. The molecule has 3 atom stereocenters. The first-order chi connectivity index (χ1) is 44.0. The van der Waals surface area contributed by atoms with Crippen LogP contribution in [0.4, 0.5) is 28.7 Å². The summed E-state index contributed by atoms with van der Waals surface area (Å²) in [7, 11) is -9.13. The van der Waals surface area contributed by atoms with Crippen LogP contribution in [0.3, 0.4) is 0 Å². The zero-order valence-corrected chi connectivity index (χ0v) is 56.9. The van der Waals surface area contributed by atoms with Gasteiger partial charge in [0.2, 0.25) is 10.0 Å². The molecule has 0 unspecified atom stereocenters. The zero-order valence-electron chi connectivity index (χ0n) is 53.0. The third-order valence-electron chi connectivity index (χ3n) is 20.1. The van der Waals surface area contributed by atoms with Crippen molar-refractivity contribution in [1.29, 1.82) is 0 Å². The Morgan fingerprint density at radius 1 is 0.457 bits per heavy atom. The number of sulfonamides is 1. The van der Waals surface area contributed by atoms with E-state index in [1.165, 1.54) is 41.1 Å². The summed E-state index contributed by atoms with van der Waals surface area (Å²) >= 11 is 12.7. The van der Waals surface area contributed by atoms with Crippen LogP contribution in [-0.2, 0) is 87.9 Å². The molecule has 0 spiro atoms. The molecule has 3 aliphatic carbocycles. The lowest BCUT2D eigenvalue weighted by Crippen LogP contribution is -2.43. The van der Waals surface area contributed by atoms with E-state index in [0.717, 1.165) is 144 Å². The minimum absolute atomic E-state index is 0.242. The molecule has 26 heteroatoms. The van der Waals surface area contributed by atoms with Gasteiger partial charge < -0.3 is 24.5 Å². The molecule has 15 rings (SSSR count). The van der Waals surface area contributed by atoms with Gasteiger partial charge in [-0.05, 0) is 77.5 Å². The lowest BCUT2D eigenvalue weighted by Gasteiger charge is -2.40. The first-order valence-corrected chi connectivity index (χ1v) is 38.5. The Morgan fingerprint density at radius 3 is 1.30 bits per heavy atom. The molecule has 3 saturated heterocycles. The van der Waals surface area contributed by atoms with Crippen LogP contribution in [0.25, 0.3) is 18.2 Å². The average molecular weight is 1350 g/mol. The number of piperidine rings is 3. The third kappa shape index (κ3) is 13.1. The van der Waals surface area contributed by atoms with Gasteiger partial charge in [0, 0.05) is 191 Å². The second-order valence-electron chi connectivity index (χ2n) is 26.1. The van der Waals surface area contributed by atoms with Crippen molar-refractivity contribution in [2.45, 2.75) is 152 Å². The van der Waals surface area contributed by atoms with Gasteiger partial charge in [0.05, 0.1) is 56.6 Å². The monoisotopic (exact) mass is 1340 g/mol. The van der Waals surface area contributed by atoms with Crippen LogP contribution in [-0.4, -0.2) is 161 Å². The molecular formula is C66H79Cl2N15O6S3. The molecule has 0 radical (unpaired) electrons. The van der Waals surface area contributed by atoms with E-state index < -0.39 is 29.7 Å². The maximum atomic E-state index is 11.9. The predicted molar refractivity (Wildman–Crippen MR) is 364 cm³/mol. The molecular weight excluding hydrogens is 1270 g/mol. The first kappa shape index (κ1) is 64.0. The molecule has 6 aliphatic heterocycles. The van der Waals surface area contributed by atoms with Gasteiger partial charge in [-0.2, -0.15) is 0 Å². The minimum atomic E-state index is -3.14. The van der Waals surface area contributed by atoms with Crippen LogP contribution >= 0.6 is 23.2 Å². The summed E-state index contributed by atoms with van der Waals surface area (Å²) in [5, 5.41) is 0.538. The molecule has 6 aromatic rings. The maximum Gasteiger partial charge on any atom is 0.211 e. The summed E-state index contributed by atoms with van der Waals surface area (Å²) in [5.74, 6) is 2.14. The number of pyridine rings is 3. The van der Waals surface area contributed by atoms with E-state index in [0.29, 0.717) is 87.8 Å². The third-order valence-corrected chi connectivity index (χ3v) is 25.1. The number of sulfone groups is 2. The SMILES string of the molecule is C[C@@H]1Cc2ncnc(C3CCN(S(C)(=O)=O)CC3)c2CN1c1cc(Cl)nc2c1C=CC2.C[C@@H]1Cc2ncnc(N3CCC(S(C)(=O)=O)CC3)c2CN1c1cc(Cl)nc2c1C=CC2.C[C@@H]1Cc2ncnc(N3CCC(S(C)(=O)=O)CC3)c2CN1c1ccnc2c1C=CC2. The van der Waals surface area contributed by atoms with E-state index in [-0.39, 0.29) is 28.5 Å². The van der Waals surface area contributed by atoms with Crippen molar-refractivity contribution >= 4 is 99.8 Å². The molecule has 12 heterocycles. The summed E-state index contributed by atoms with van der Waals surface area (Å²) in [6.45, 7) is 12.7. The molecule has 21 nitrogen and oxygen atoms in total. The molecule has 6 aromatic heterocycles. The van der Waals surface area contributed by atoms with Crippen molar-refractivity contribution in [3.8, 4) is 0 Å². The van der Waals surface area contributed by atoms with Crippen molar-refractivity contribution in [3.63, 3.8) is 0 Å². The molecule has 0 bridgehead atoms. The van der Waals surface area contributed by atoms with Crippen LogP contribution in [0.1, 0.15) is 138 Å². The number of allylic oxidation sites excluding steroid dienone is 3. The highest BCUT2D eigenvalue weighted by atomic mass is 35.5. The first-order valence-electron chi connectivity index (χ1n) is 32.0. The number of rotatable bonds is 9. The molecule has 0 aromatic carbocycles. The van der Waals surface area contributed by atoms with Gasteiger partial charge in [0.1, 0.15) is 60.6 Å². The highest BCUT2D eigenvalue weighted by Gasteiger charge is 2.38. The highest BCUT2D eigenvalue weighted by Crippen LogP contribution is 2.42. The van der Waals surface area contributed by atoms with Gasteiger partial charge in [-0.25, -0.2) is 69.4 Å². The number of hydrogen-bond acceptors (Lipinski definition) is 20. The largest absolute Gasteiger partial charge is 0.363 e. The van der Waals surface area contributed by atoms with E-state index in [1.54, 1.807) is 23.3 Å². The van der Waals surface area contributed by atoms with Crippen LogP contribution < -0.4 is 24.5 Å². The van der Waals surface area contributed by atoms with Gasteiger partial charge in [-0.3, -0.25) is 4.98 Å². The standard InChI is InChI=1S/2C22H26ClN5O2S.C22H27N5O2S/c1-14-10-19-17(12-28(14)20-11-21(23)26-18-5-3-4-16(18)20)22(25-13-24-19)27-8-6-15(7-9-27)31(2,29)30;1-14-10-19-17(12-28(14)20-11-21(23)26-18-5-3-4-16(18)20)22(25-13-24-19)15-6-8-27(9-7-15)31(2,29)30;1-15-12-20-18(13-27(15)21-6-9-23-19-5-3-4-17(19)21)22(25-14-24-20)26-10-7-16(8-11-26)30(2,28)29/h2*3-4,11,13-15H,5-10,12H2,1-2H3;3-4,6,9,14-16H,5,7-8,10-13H2,1-2H3/t2*14-;15-/m111/s1. The maximum absolute atomic E-state index is 11.9. The summed E-state index contributed by atoms with van der Waals surface area (Å²) in [5.41, 5.74) is 18.0. The number of nitrogens with zero attached hydrogens (tertiary/aromatic N) is 15. The molecule has 0 N–H and O–H groups in total. The quantitative estimate of drug-likeness (QED) is 0.123. The Hall–Kier alpha value is -6.70. The second-order valence-corrected chi connectivity index (χ2v) is 33.5.